The molecule has 0 spiro atoms. The predicted molar refractivity (Wildman–Crippen MR) is 68.5 cm³/mol. The number of hydrogen-bond acceptors (Lipinski definition) is 1. The molecule has 0 fully saturated rings. The molecule has 100 valence electrons. The van der Waals surface area contributed by atoms with E-state index in [0.29, 0.717) is 11.1 Å². The number of nitrogens with two attached hydrogens (primary N) is 1. The quantitative estimate of drug-likeness (QED) is 0.883. The van der Waals surface area contributed by atoms with Crippen molar-refractivity contribution in [3.63, 3.8) is 0 Å². The Kier molecular flexibility index (Phi) is 3.83. The van der Waals surface area contributed by atoms with Gasteiger partial charge in [0, 0.05) is 16.7 Å². The molecule has 0 heterocycles. The van der Waals surface area contributed by atoms with Crippen LogP contribution in [0.3, 0.4) is 0 Å². The molecule has 0 aliphatic rings. The number of rotatable bonds is 2. The normalized spacial score (nSPS) is 12.5. The number of aryl methyl sites for hydroxylation is 1. The standard InChI is InChI=1S/C14H11ClF3N/c1-7-4-10(11(15)6-12(7)17)14(19)9-3-2-8(16)5-13(9)18/h2-6,14H,19H2,1H3. The van der Waals surface area contributed by atoms with Crippen molar-refractivity contribution in [1.82, 2.24) is 0 Å². The van der Waals surface area contributed by atoms with Gasteiger partial charge in [-0.25, -0.2) is 13.2 Å². The third-order valence-corrected chi connectivity index (χ3v) is 3.24. The van der Waals surface area contributed by atoms with E-state index in [0.717, 1.165) is 18.2 Å². The van der Waals surface area contributed by atoms with Crippen LogP contribution in [0.4, 0.5) is 13.2 Å². The van der Waals surface area contributed by atoms with Gasteiger partial charge in [-0.05, 0) is 36.2 Å². The van der Waals surface area contributed by atoms with Crippen molar-refractivity contribution in [1.29, 1.82) is 0 Å². The summed E-state index contributed by atoms with van der Waals surface area (Å²) in [6.45, 7) is 1.56. The van der Waals surface area contributed by atoms with E-state index in [2.05, 4.69) is 0 Å². The molecular formula is C14H11ClF3N. The summed E-state index contributed by atoms with van der Waals surface area (Å²) in [7, 11) is 0. The van der Waals surface area contributed by atoms with Gasteiger partial charge < -0.3 is 5.73 Å². The average molecular weight is 286 g/mol. The summed E-state index contributed by atoms with van der Waals surface area (Å²) in [6.07, 6.45) is 0. The fraction of sp³-hybridized carbons (Fsp3) is 0.143. The van der Waals surface area contributed by atoms with Crippen molar-refractivity contribution in [2.45, 2.75) is 13.0 Å². The number of benzene rings is 2. The van der Waals surface area contributed by atoms with Gasteiger partial charge in [-0.2, -0.15) is 0 Å². The molecule has 0 radical (unpaired) electrons. The first kappa shape index (κ1) is 13.9. The molecule has 2 aromatic rings. The lowest BCUT2D eigenvalue weighted by atomic mass is 9.97. The summed E-state index contributed by atoms with van der Waals surface area (Å²) in [5.41, 5.74) is 6.78. The molecule has 5 heteroatoms. The highest BCUT2D eigenvalue weighted by molar-refractivity contribution is 6.31. The van der Waals surface area contributed by atoms with Gasteiger partial charge in [0.25, 0.3) is 0 Å². The van der Waals surface area contributed by atoms with E-state index >= 15 is 0 Å². The van der Waals surface area contributed by atoms with Gasteiger partial charge in [-0.3, -0.25) is 0 Å². The van der Waals surface area contributed by atoms with Gasteiger partial charge in [0.2, 0.25) is 0 Å². The van der Waals surface area contributed by atoms with E-state index in [-0.39, 0.29) is 10.6 Å². The van der Waals surface area contributed by atoms with Crippen molar-refractivity contribution in [3.8, 4) is 0 Å². The number of hydrogen-bond donors (Lipinski definition) is 1. The molecule has 0 aromatic heterocycles. The Balaban J connectivity index is 2.49. The molecule has 0 saturated carbocycles. The monoisotopic (exact) mass is 285 g/mol. The summed E-state index contributed by atoms with van der Waals surface area (Å²) in [6, 6.07) is 4.83. The van der Waals surface area contributed by atoms with Gasteiger partial charge >= 0.3 is 0 Å². The molecule has 0 saturated heterocycles. The smallest absolute Gasteiger partial charge is 0.131 e. The van der Waals surface area contributed by atoms with Gasteiger partial charge in [0.05, 0.1) is 6.04 Å². The number of halogens is 4. The van der Waals surface area contributed by atoms with Crippen LogP contribution in [-0.2, 0) is 0 Å². The summed E-state index contributed by atoms with van der Waals surface area (Å²) in [5.74, 6) is -1.90. The summed E-state index contributed by atoms with van der Waals surface area (Å²) >= 11 is 5.91. The molecule has 2 rings (SSSR count). The second-order valence-electron chi connectivity index (χ2n) is 4.27. The maximum atomic E-state index is 13.7. The van der Waals surface area contributed by atoms with Crippen LogP contribution in [0.1, 0.15) is 22.7 Å². The largest absolute Gasteiger partial charge is 0.320 e. The highest BCUT2D eigenvalue weighted by Crippen LogP contribution is 2.30. The lowest BCUT2D eigenvalue weighted by Crippen LogP contribution is -2.15. The first-order chi connectivity index (χ1) is 8.90. The van der Waals surface area contributed by atoms with E-state index < -0.39 is 23.5 Å². The Morgan fingerprint density at radius 1 is 1.00 bits per heavy atom. The predicted octanol–water partition coefficient (Wildman–Crippen LogP) is 4.11. The highest BCUT2D eigenvalue weighted by atomic mass is 35.5. The third-order valence-electron chi connectivity index (χ3n) is 2.91. The van der Waals surface area contributed by atoms with Crippen molar-refractivity contribution < 1.29 is 13.2 Å². The van der Waals surface area contributed by atoms with Crippen LogP contribution in [0.25, 0.3) is 0 Å². The molecule has 0 bridgehead atoms. The van der Waals surface area contributed by atoms with E-state index in [1.807, 2.05) is 0 Å². The van der Waals surface area contributed by atoms with Crippen LogP contribution in [0.5, 0.6) is 0 Å². The van der Waals surface area contributed by atoms with Crippen LogP contribution < -0.4 is 5.73 Å². The fourth-order valence-corrected chi connectivity index (χ4v) is 2.11. The second-order valence-corrected chi connectivity index (χ2v) is 4.67. The molecule has 1 nitrogen and oxygen atoms in total. The summed E-state index contributed by atoms with van der Waals surface area (Å²) in [4.78, 5) is 0. The van der Waals surface area contributed by atoms with E-state index in [1.54, 1.807) is 6.92 Å². The van der Waals surface area contributed by atoms with Crippen LogP contribution in [0.15, 0.2) is 30.3 Å². The molecular weight excluding hydrogens is 275 g/mol. The Morgan fingerprint density at radius 2 is 1.68 bits per heavy atom. The molecule has 0 amide bonds. The van der Waals surface area contributed by atoms with Gasteiger partial charge in [0.15, 0.2) is 0 Å². The van der Waals surface area contributed by atoms with Crippen molar-refractivity contribution in [2.24, 2.45) is 5.73 Å². The van der Waals surface area contributed by atoms with E-state index in [1.165, 1.54) is 12.1 Å². The van der Waals surface area contributed by atoms with Crippen LogP contribution in [-0.4, -0.2) is 0 Å². The van der Waals surface area contributed by atoms with Crippen molar-refractivity contribution >= 4 is 11.6 Å². The minimum atomic E-state index is -0.882. The molecule has 2 aromatic carbocycles. The van der Waals surface area contributed by atoms with E-state index in [9.17, 15) is 13.2 Å². The van der Waals surface area contributed by atoms with Crippen LogP contribution in [0.2, 0.25) is 5.02 Å². The minimum Gasteiger partial charge on any atom is -0.320 e. The molecule has 19 heavy (non-hydrogen) atoms. The minimum absolute atomic E-state index is 0.106. The topological polar surface area (TPSA) is 26.0 Å². The molecule has 1 atom stereocenters. The van der Waals surface area contributed by atoms with E-state index in [4.69, 9.17) is 17.3 Å². The van der Waals surface area contributed by atoms with Gasteiger partial charge in [-0.1, -0.05) is 17.7 Å². The zero-order valence-electron chi connectivity index (χ0n) is 10.1. The molecule has 2 N–H and O–H groups in total. The van der Waals surface area contributed by atoms with Crippen LogP contribution >= 0.6 is 11.6 Å². The lowest BCUT2D eigenvalue weighted by Gasteiger charge is -2.16. The zero-order valence-corrected chi connectivity index (χ0v) is 10.8. The fourth-order valence-electron chi connectivity index (χ4n) is 1.84. The first-order valence-corrected chi connectivity index (χ1v) is 5.94. The second kappa shape index (κ2) is 5.23. The first-order valence-electron chi connectivity index (χ1n) is 5.56. The third kappa shape index (κ3) is 2.74. The van der Waals surface area contributed by atoms with Crippen LogP contribution in [0, 0.1) is 24.4 Å². The lowest BCUT2D eigenvalue weighted by molar-refractivity contribution is 0.565. The maximum absolute atomic E-state index is 13.7. The summed E-state index contributed by atoms with van der Waals surface area (Å²) in [5, 5.41) is 0.110. The molecule has 0 aliphatic heterocycles. The zero-order chi connectivity index (χ0) is 14.2. The summed E-state index contributed by atoms with van der Waals surface area (Å²) < 4.78 is 39.8. The van der Waals surface area contributed by atoms with Crippen molar-refractivity contribution in [3.05, 3.63) is 69.5 Å². The molecule has 0 aliphatic carbocycles. The van der Waals surface area contributed by atoms with Crippen molar-refractivity contribution in [2.75, 3.05) is 0 Å². The Hall–Kier alpha value is -1.52. The SMILES string of the molecule is Cc1cc(C(N)c2ccc(F)cc2F)c(Cl)cc1F. The van der Waals surface area contributed by atoms with Gasteiger partial charge in [-0.15, -0.1) is 0 Å². The Bertz CT molecular complexity index is 628. The Morgan fingerprint density at radius 3 is 2.32 bits per heavy atom. The highest BCUT2D eigenvalue weighted by Gasteiger charge is 2.18. The molecule has 1 unspecified atom stereocenters. The maximum Gasteiger partial charge on any atom is 0.131 e. The van der Waals surface area contributed by atoms with Gasteiger partial charge in [0.1, 0.15) is 17.5 Å². The average Bonchev–Trinajstić information content (AvgIpc) is 2.33. The Labute approximate surface area is 113 Å².